The summed E-state index contributed by atoms with van der Waals surface area (Å²) in [5.41, 5.74) is 4.61. The summed E-state index contributed by atoms with van der Waals surface area (Å²) in [6.07, 6.45) is 1.35. The molecule has 2 aromatic rings. The molecule has 0 aromatic heterocycles. The molecule has 0 aliphatic carbocycles. The van der Waals surface area contributed by atoms with Crippen LogP contribution in [-0.4, -0.2) is 37.3 Å². The zero-order valence-electron chi connectivity index (χ0n) is 18.5. The molecule has 0 spiro atoms. The quantitative estimate of drug-likeness (QED) is 0.194. The van der Waals surface area contributed by atoms with Crippen molar-refractivity contribution in [1.29, 1.82) is 0 Å². The summed E-state index contributed by atoms with van der Waals surface area (Å²) in [5, 5.41) is 12.7. The van der Waals surface area contributed by atoms with Crippen molar-refractivity contribution >= 4 is 28.7 Å². The molecule has 0 saturated heterocycles. The van der Waals surface area contributed by atoms with Crippen LogP contribution in [0.4, 0.5) is 0 Å². The highest BCUT2D eigenvalue weighted by molar-refractivity contribution is 6.47. The molecule has 0 amide bonds. The van der Waals surface area contributed by atoms with Crippen molar-refractivity contribution in [1.82, 2.24) is 0 Å². The summed E-state index contributed by atoms with van der Waals surface area (Å²) in [4.78, 5) is 17.8. The fraction of sp³-hybridized carbons (Fsp3) is 0.250. The van der Waals surface area contributed by atoms with Crippen LogP contribution in [0.25, 0.3) is 5.57 Å². The summed E-state index contributed by atoms with van der Waals surface area (Å²) in [6.45, 7) is 5.70. The molecule has 2 aromatic carbocycles. The average Bonchev–Trinajstić information content (AvgIpc) is 2.78. The van der Waals surface area contributed by atoms with Gasteiger partial charge >= 0.3 is 5.97 Å². The number of hydrogen-bond acceptors (Lipinski definition) is 7. The predicted molar refractivity (Wildman–Crippen MR) is 123 cm³/mol. The number of oxime groups is 1. The van der Waals surface area contributed by atoms with Gasteiger partial charge in [-0.2, -0.15) is 5.10 Å². The van der Waals surface area contributed by atoms with E-state index in [-0.39, 0.29) is 6.61 Å². The second-order valence-electron chi connectivity index (χ2n) is 6.73. The second kappa shape index (κ2) is 12.1. The van der Waals surface area contributed by atoms with E-state index in [9.17, 15) is 4.79 Å². The molecule has 0 fully saturated rings. The van der Waals surface area contributed by atoms with Gasteiger partial charge in [-0.15, -0.1) is 5.10 Å². The van der Waals surface area contributed by atoms with E-state index in [1.165, 1.54) is 20.5 Å². The van der Waals surface area contributed by atoms with Gasteiger partial charge in [0.15, 0.2) is 0 Å². The molecule has 7 nitrogen and oxygen atoms in total. The van der Waals surface area contributed by atoms with Gasteiger partial charge in [0.2, 0.25) is 0 Å². The first-order chi connectivity index (χ1) is 15.0. The summed E-state index contributed by atoms with van der Waals surface area (Å²) in [6, 6.07) is 17.0. The highest BCUT2D eigenvalue weighted by atomic mass is 16.6. The lowest BCUT2D eigenvalue weighted by Gasteiger charge is -2.11. The van der Waals surface area contributed by atoms with Crippen LogP contribution >= 0.6 is 0 Å². The summed E-state index contributed by atoms with van der Waals surface area (Å²) >= 11 is 0. The van der Waals surface area contributed by atoms with E-state index in [1.54, 1.807) is 6.07 Å². The maximum atomic E-state index is 12.1. The van der Waals surface area contributed by atoms with Crippen molar-refractivity contribution in [2.24, 2.45) is 15.4 Å². The highest BCUT2D eigenvalue weighted by Gasteiger charge is 2.17. The number of methoxy groups -OCH3 is 2. The molecule has 0 unspecified atom stereocenters. The molecule has 0 radical (unpaired) electrons. The van der Waals surface area contributed by atoms with E-state index in [0.717, 1.165) is 16.8 Å². The van der Waals surface area contributed by atoms with Crippen molar-refractivity contribution in [3.8, 4) is 0 Å². The maximum absolute atomic E-state index is 12.1. The predicted octanol–water partition coefficient (Wildman–Crippen LogP) is 4.62. The van der Waals surface area contributed by atoms with Gasteiger partial charge in [0.1, 0.15) is 23.6 Å². The minimum Gasteiger partial charge on any atom is -0.503 e. The average molecular weight is 421 g/mol. The number of esters is 1. The highest BCUT2D eigenvalue weighted by Crippen LogP contribution is 2.22. The van der Waals surface area contributed by atoms with Crippen LogP contribution in [0.2, 0.25) is 0 Å². The smallest absolute Gasteiger partial charge is 0.341 e. The zero-order chi connectivity index (χ0) is 22.6. The molecule has 0 aliphatic rings. The molecule has 0 heterocycles. The van der Waals surface area contributed by atoms with Gasteiger partial charge in [-0.3, -0.25) is 0 Å². The maximum Gasteiger partial charge on any atom is 0.341 e. The van der Waals surface area contributed by atoms with Crippen LogP contribution in [-0.2, 0) is 25.7 Å². The molecule has 7 heteroatoms. The largest absolute Gasteiger partial charge is 0.503 e. The van der Waals surface area contributed by atoms with E-state index in [0.29, 0.717) is 22.6 Å². The standard InChI is InChI=1S/C24H27N3O4/c1-17(2)25-26-23(19-11-7-6-8-12-19)18(3)27-31-15-20-13-9-10-14-21(20)22(16-29-4)24(28)30-5/h6-14,16H,15H2,1-5H3. The summed E-state index contributed by atoms with van der Waals surface area (Å²) in [5.74, 6) is -0.500. The lowest BCUT2D eigenvalue weighted by Crippen LogP contribution is -2.13. The lowest BCUT2D eigenvalue weighted by molar-refractivity contribution is -0.133. The Morgan fingerprint density at radius 1 is 0.935 bits per heavy atom. The Hall–Kier alpha value is -3.74. The van der Waals surface area contributed by atoms with Crippen molar-refractivity contribution in [3.05, 3.63) is 77.5 Å². The fourth-order valence-corrected chi connectivity index (χ4v) is 2.69. The first-order valence-corrected chi connectivity index (χ1v) is 9.68. The first-order valence-electron chi connectivity index (χ1n) is 9.68. The third-order valence-corrected chi connectivity index (χ3v) is 4.11. The number of hydrogen-bond donors (Lipinski definition) is 0. The van der Waals surface area contributed by atoms with Gasteiger partial charge in [0.25, 0.3) is 0 Å². The van der Waals surface area contributed by atoms with Crippen molar-refractivity contribution in [2.75, 3.05) is 14.2 Å². The van der Waals surface area contributed by atoms with Crippen molar-refractivity contribution < 1.29 is 19.1 Å². The van der Waals surface area contributed by atoms with Gasteiger partial charge in [-0.1, -0.05) is 59.8 Å². The van der Waals surface area contributed by atoms with Gasteiger partial charge in [0, 0.05) is 16.8 Å². The van der Waals surface area contributed by atoms with Gasteiger partial charge < -0.3 is 14.3 Å². The van der Waals surface area contributed by atoms with E-state index in [4.69, 9.17) is 14.3 Å². The SMILES string of the molecule is COC=C(C(=O)OC)c1ccccc1CON=C(C)C(=NN=C(C)C)c1ccccc1. The number of carbonyl (C=O) groups excluding carboxylic acids is 1. The molecule has 31 heavy (non-hydrogen) atoms. The number of ether oxygens (including phenoxy) is 2. The molecular weight excluding hydrogens is 394 g/mol. The topological polar surface area (TPSA) is 81.8 Å². The second-order valence-corrected chi connectivity index (χ2v) is 6.73. The van der Waals surface area contributed by atoms with Crippen LogP contribution in [0.15, 0.2) is 76.2 Å². The van der Waals surface area contributed by atoms with Gasteiger partial charge in [-0.05, 0) is 26.3 Å². The Morgan fingerprint density at radius 3 is 2.26 bits per heavy atom. The van der Waals surface area contributed by atoms with Gasteiger partial charge in [-0.25, -0.2) is 4.79 Å². The van der Waals surface area contributed by atoms with E-state index in [2.05, 4.69) is 15.4 Å². The van der Waals surface area contributed by atoms with Crippen LogP contribution in [0.3, 0.4) is 0 Å². The molecule has 0 aliphatic heterocycles. The minimum absolute atomic E-state index is 0.143. The van der Waals surface area contributed by atoms with Crippen LogP contribution < -0.4 is 0 Å². The normalized spacial score (nSPS) is 12.2. The van der Waals surface area contributed by atoms with Crippen LogP contribution in [0.1, 0.15) is 37.5 Å². The fourth-order valence-electron chi connectivity index (χ4n) is 2.69. The van der Waals surface area contributed by atoms with Crippen molar-refractivity contribution in [3.63, 3.8) is 0 Å². The number of rotatable bonds is 9. The first kappa shape index (κ1) is 23.5. The van der Waals surface area contributed by atoms with E-state index >= 15 is 0 Å². The minimum atomic E-state index is -0.500. The third-order valence-electron chi connectivity index (χ3n) is 4.11. The Morgan fingerprint density at radius 2 is 1.61 bits per heavy atom. The lowest BCUT2D eigenvalue weighted by atomic mass is 10.0. The van der Waals surface area contributed by atoms with Crippen LogP contribution in [0, 0.1) is 0 Å². The number of nitrogens with zero attached hydrogens (tertiary/aromatic N) is 3. The molecule has 0 bridgehead atoms. The van der Waals surface area contributed by atoms with E-state index < -0.39 is 5.97 Å². The van der Waals surface area contributed by atoms with Gasteiger partial charge in [0.05, 0.1) is 20.5 Å². The number of carbonyl (C=O) groups is 1. The Balaban J connectivity index is 2.28. The summed E-state index contributed by atoms with van der Waals surface area (Å²) in [7, 11) is 2.80. The molecular formula is C24H27N3O4. The Bertz CT molecular complexity index is 1000. The molecule has 0 saturated carbocycles. The van der Waals surface area contributed by atoms with Crippen LogP contribution in [0.5, 0.6) is 0 Å². The van der Waals surface area contributed by atoms with Crippen molar-refractivity contribution in [2.45, 2.75) is 27.4 Å². The molecule has 0 atom stereocenters. The molecule has 0 N–H and O–H groups in total. The monoisotopic (exact) mass is 421 g/mol. The molecule has 162 valence electrons. The Labute approximate surface area is 182 Å². The zero-order valence-corrected chi connectivity index (χ0v) is 18.5. The molecule has 2 rings (SSSR count). The number of benzene rings is 2. The van der Waals surface area contributed by atoms with E-state index in [1.807, 2.05) is 69.3 Å². The Kier molecular flexibility index (Phi) is 9.16. The third kappa shape index (κ3) is 6.92. The summed E-state index contributed by atoms with van der Waals surface area (Å²) < 4.78 is 9.91.